The molecule has 0 amide bonds. The van der Waals surface area contributed by atoms with E-state index in [0.717, 1.165) is 16.7 Å². The topological polar surface area (TPSA) is 52.0 Å². The van der Waals surface area contributed by atoms with Gasteiger partial charge in [-0.3, -0.25) is 0 Å². The van der Waals surface area contributed by atoms with Gasteiger partial charge in [0, 0.05) is 5.54 Å². The summed E-state index contributed by atoms with van der Waals surface area (Å²) in [4.78, 5) is 4.57. The van der Waals surface area contributed by atoms with E-state index < -0.39 is 0 Å². The fourth-order valence-electron chi connectivity index (χ4n) is 1.63. The third-order valence-corrected chi connectivity index (χ3v) is 3.76. The molecule has 0 unspecified atom stereocenters. The molecule has 0 saturated carbocycles. The lowest BCUT2D eigenvalue weighted by Gasteiger charge is -2.35. The first-order chi connectivity index (χ1) is 7.73. The molecule has 2 rings (SSSR count). The third-order valence-electron chi connectivity index (χ3n) is 3.76. The Hall–Kier alpha value is -1.35. The summed E-state index contributed by atoms with van der Waals surface area (Å²) < 4.78 is 5.90. The number of oxazole rings is 1. The van der Waals surface area contributed by atoms with Crippen molar-refractivity contribution in [2.24, 2.45) is 5.73 Å². The van der Waals surface area contributed by atoms with Crippen molar-refractivity contribution < 1.29 is 4.42 Å². The summed E-state index contributed by atoms with van der Waals surface area (Å²) in [7, 11) is 0. The third kappa shape index (κ3) is 1.84. The number of aryl methyl sites for hydroxylation is 1. The number of aromatic nitrogens is 1. The molecule has 17 heavy (non-hydrogen) atoms. The van der Waals surface area contributed by atoms with Gasteiger partial charge in [0.25, 0.3) is 0 Å². The Morgan fingerprint density at radius 3 is 2.35 bits per heavy atom. The van der Waals surface area contributed by atoms with Crippen LogP contribution in [0.15, 0.2) is 22.6 Å². The molecule has 0 saturated heterocycles. The van der Waals surface area contributed by atoms with Crippen molar-refractivity contribution in [3.63, 3.8) is 0 Å². The highest BCUT2D eigenvalue weighted by atomic mass is 16.3. The number of fused-ring (bicyclic) bond motifs is 1. The second-order valence-electron chi connectivity index (χ2n) is 5.79. The van der Waals surface area contributed by atoms with Crippen LogP contribution in [0.5, 0.6) is 0 Å². The van der Waals surface area contributed by atoms with Crippen LogP contribution in [-0.4, -0.2) is 10.5 Å². The van der Waals surface area contributed by atoms with Crippen LogP contribution in [0.2, 0.25) is 0 Å². The van der Waals surface area contributed by atoms with Gasteiger partial charge in [0.2, 0.25) is 5.89 Å². The molecule has 2 aromatic rings. The van der Waals surface area contributed by atoms with Crippen LogP contribution in [0.25, 0.3) is 11.1 Å². The SMILES string of the molecule is Cc1cccc2nc(C(C)(C)C(C)(C)N)oc12. The van der Waals surface area contributed by atoms with Crippen molar-refractivity contribution in [2.75, 3.05) is 0 Å². The van der Waals surface area contributed by atoms with E-state index in [1.165, 1.54) is 0 Å². The van der Waals surface area contributed by atoms with Crippen LogP contribution >= 0.6 is 0 Å². The Morgan fingerprint density at radius 2 is 1.82 bits per heavy atom. The second kappa shape index (κ2) is 3.57. The number of hydrogen-bond donors (Lipinski definition) is 1. The van der Waals surface area contributed by atoms with Gasteiger partial charge in [-0.2, -0.15) is 0 Å². The highest BCUT2D eigenvalue weighted by Crippen LogP contribution is 2.34. The first-order valence-corrected chi connectivity index (χ1v) is 5.89. The molecule has 0 atom stereocenters. The summed E-state index contributed by atoms with van der Waals surface area (Å²) in [6.45, 7) is 10.1. The van der Waals surface area contributed by atoms with Gasteiger partial charge in [-0.15, -0.1) is 0 Å². The highest BCUT2D eigenvalue weighted by molar-refractivity contribution is 5.76. The maximum Gasteiger partial charge on any atom is 0.202 e. The van der Waals surface area contributed by atoms with E-state index in [-0.39, 0.29) is 11.0 Å². The summed E-state index contributed by atoms with van der Waals surface area (Å²) in [6.07, 6.45) is 0. The quantitative estimate of drug-likeness (QED) is 0.865. The van der Waals surface area contributed by atoms with Crippen LogP contribution in [-0.2, 0) is 5.41 Å². The monoisotopic (exact) mass is 232 g/mol. The molecule has 92 valence electrons. The van der Waals surface area contributed by atoms with Crippen molar-refractivity contribution >= 4 is 11.1 Å². The first kappa shape index (κ1) is 12.1. The number of para-hydroxylation sites is 1. The molecule has 0 aliphatic rings. The minimum atomic E-state index is -0.387. The molecule has 1 aromatic heterocycles. The second-order valence-corrected chi connectivity index (χ2v) is 5.79. The minimum absolute atomic E-state index is 0.307. The molecule has 0 spiro atoms. The zero-order valence-corrected chi connectivity index (χ0v) is 11.2. The van der Waals surface area contributed by atoms with E-state index >= 15 is 0 Å². The fourth-order valence-corrected chi connectivity index (χ4v) is 1.63. The lowest BCUT2D eigenvalue weighted by atomic mass is 9.75. The fraction of sp³-hybridized carbons (Fsp3) is 0.500. The van der Waals surface area contributed by atoms with Gasteiger partial charge in [0.15, 0.2) is 5.58 Å². The molecule has 0 radical (unpaired) electrons. The van der Waals surface area contributed by atoms with Crippen molar-refractivity contribution in [3.05, 3.63) is 29.7 Å². The van der Waals surface area contributed by atoms with E-state index in [4.69, 9.17) is 10.2 Å². The van der Waals surface area contributed by atoms with Crippen LogP contribution < -0.4 is 5.73 Å². The maximum atomic E-state index is 6.21. The molecular formula is C14H20N2O. The van der Waals surface area contributed by atoms with Crippen LogP contribution in [0.1, 0.15) is 39.1 Å². The van der Waals surface area contributed by atoms with Crippen LogP contribution in [0.4, 0.5) is 0 Å². The maximum absolute atomic E-state index is 6.21. The largest absolute Gasteiger partial charge is 0.440 e. The lowest BCUT2D eigenvalue weighted by molar-refractivity contribution is 0.251. The molecule has 3 nitrogen and oxygen atoms in total. The standard InChI is InChI=1S/C14H20N2O/c1-9-7-6-8-10-11(9)17-12(16-10)13(2,3)14(4,5)15/h6-8H,15H2,1-5H3. The van der Waals surface area contributed by atoms with Crippen molar-refractivity contribution in [3.8, 4) is 0 Å². The van der Waals surface area contributed by atoms with Gasteiger partial charge >= 0.3 is 0 Å². The van der Waals surface area contributed by atoms with Crippen molar-refractivity contribution in [1.29, 1.82) is 0 Å². The van der Waals surface area contributed by atoms with E-state index in [2.05, 4.69) is 18.8 Å². The van der Waals surface area contributed by atoms with Gasteiger partial charge in [-0.25, -0.2) is 4.98 Å². The van der Waals surface area contributed by atoms with Gasteiger partial charge in [-0.1, -0.05) is 12.1 Å². The van der Waals surface area contributed by atoms with Gasteiger partial charge in [0.1, 0.15) is 5.52 Å². The molecule has 0 fully saturated rings. The number of benzene rings is 1. The predicted molar refractivity (Wildman–Crippen MR) is 70.0 cm³/mol. The van der Waals surface area contributed by atoms with Crippen molar-refractivity contribution in [1.82, 2.24) is 4.98 Å². The molecular weight excluding hydrogens is 212 g/mol. The van der Waals surface area contributed by atoms with Gasteiger partial charge < -0.3 is 10.2 Å². The summed E-state index contributed by atoms with van der Waals surface area (Å²) >= 11 is 0. The molecule has 0 aliphatic heterocycles. The Labute approximate surface area is 102 Å². The highest BCUT2D eigenvalue weighted by Gasteiger charge is 2.39. The van der Waals surface area contributed by atoms with Crippen LogP contribution in [0.3, 0.4) is 0 Å². The molecule has 1 heterocycles. The molecule has 0 aliphatic carbocycles. The molecule has 0 bridgehead atoms. The smallest absolute Gasteiger partial charge is 0.202 e. The number of nitrogens with zero attached hydrogens (tertiary/aromatic N) is 1. The zero-order valence-electron chi connectivity index (χ0n) is 11.2. The Balaban J connectivity index is 2.62. The number of nitrogens with two attached hydrogens (primary N) is 1. The number of rotatable bonds is 2. The zero-order chi connectivity index (χ0) is 12.8. The van der Waals surface area contributed by atoms with E-state index in [1.807, 2.05) is 39.0 Å². The first-order valence-electron chi connectivity index (χ1n) is 5.89. The Bertz CT molecular complexity index is 547. The Morgan fingerprint density at radius 1 is 1.18 bits per heavy atom. The lowest BCUT2D eigenvalue weighted by Crippen LogP contribution is -2.50. The summed E-state index contributed by atoms with van der Waals surface area (Å²) in [5.41, 5.74) is 8.38. The van der Waals surface area contributed by atoms with Gasteiger partial charge in [-0.05, 0) is 46.2 Å². The van der Waals surface area contributed by atoms with E-state index in [9.17, 15) is 0 Å². The summed E-state index contributed by atoms with van der Waals surface area (Å²) in [5, 5.41) is 0. The average molecular weight is 232 g/mol. The Kier molecular flexibility index (Phi) is 2.54. The minimum Gasteiger partial charge on any atom is -0.440 e. The van der Waals surface area contributed by atoms with E-state index in [1.54, 1.807) is 0 Å². The van der Waals surface area contributed by atoms with Gasteiger partial charge in [0.05, 0.1) is 5.41 Å². The van der Waals surface area contributed by atoms with Crippen molar-refractivity contribution in [2.45, 2.75) is 45.6 Å². The normalized spacial score (nSPS) is 13.3. The predicted octanol–water partition coefficient (Wildman–Crippen LogP) is 3.15. The summed E-state index contributed by atoms with van der Waals surface area (Å²) in [5.74, 6) is 0.703. The van der Waals surface area contributed by atoms with Crippen LogP contribution in [0, 0.1) is 6.92 Å². The molecule has 1 aromatic carbocycles. The molecule has 3 heteroatoms. The number of hydrogen-bond acceptors (Lipinski definition) is 3. The van der Waals surface area contributed by atoms with E-state index in [0.29, 0.717) is 5.89 Å². The average Bonchev–Trinajstić information content (AvgIpc) is 2.61. The summed E-state index contributed by atoms with van der Waals surface area (Å²) in [6, 6.07) is 5.98. The molecule has 2 N–H and O–H groups in total.